The SMILES string of the molecule is CB(O)c1cc(-c2ccc3c(N)cnnc3c2)ccc1C(F)(F)F. The summed E-state index contributed by atoms with van der Waals surface area (Å²) >= 11 is 0. The number of nitrogens with zero attached hydrogens (tertiary/aromatic N) is 2. The van der Waals surface area contributed by atoms with Crippen molar-refractivity contribution in [3.8, 4) is 11.1 Å². The molecule has 0 saturated heterocycles. The zero-order valence-electron chi connectivity index (χ0n) is 12.7. The Bertz CT molecular complexity index is 913. The van der Waals surface area contributed by atoms with Gasteiger partial charge in [-0.1, -0.05) is 25.0 Å². The van der Waals surface area contributed by atoms with E-state index in [-0.39, 0.29) is 5.46 Å². The summed E-state index contributed by atoms with van der Waals surface area (Å²) in [5.74, 6) is 0. The van der Waals surface area contributed by atoms with Crippen LogP contribution in [0, 0.1) is 0 Å². The van der Waals surface area contributed by atoms with Crippen molar-refractivity contribution in [3.05, 3.63) is 48.2 Å². The van der Waals surface area contributed by atoms with Crippen molar-refractivity contribution >= 4 is 29.0 Å². The largest absolute Gasteiger partial charge is 0.446 e. The van der Waals surface area contributed by atoms with Crippen molar-refractivity contribution in [3.63, 3.8) is 0 Å². The standard InChI is InChI=1S/C16H13BF3N3O/c1-17(24)13-6-9(3-5-12(13)16(18,19)20)10-2-4-11-14(21)8-22-23-15(11)7-10/h2-8,24H,1H3,(H2,21,23). The second kappa shape index (κ2) is 5.79. The lowest BCUT2D eigenvalue weighted by atomic mass is 9.62. The molecule has 0 amide bonds. The smallest absolute Gasteiger partial charge is 0.415 e. The molecule has 1 aromatic heterocycles. The van der Waals surface area contributed by atoms with Crippen LogP contribution in [0.25, 0.3) is 22.0 Å². The first-order valence-electron chi connectivity index (χ1n) is 7.18. The number of nitrogen functional groups attached to an aromatic ring is 1. The van der Waals surface area contributed by atoms with Crippen LogP contribution in [0.5, 0.6) is 0 Å². The zero-order valence-corrected chi connectivity index (χ0v) is 12.7. The molecule has 3 rings (SSSR count). The van der Waals surface area contributed by atoms with Gasteiger partial charge in [0.15, 0.2) is 0 Å². The van der Waals surface area contributed by atoms with Crippen molar-refractivity contribution in [1.29, 1.82) is 0 Å². The molecule has 2 aromatic carbocycles. The molecule has 24 heavy (non-hydrogen) atoms. The van der Waals surface area contributed by atoms with Crippen LogP contribution in [0.2, 0.25) is 6.82 Å². The van der Waals surface area contributed by atoms with E-state index in [9.17, 15) is 18.2 Å². The molecule has 0 radical (unpaired) electrons. The third-order valence-electron chi connectivity index (χ3n) is 3.81. The maximum atomic E-state index is 13.1. The average molecular weight is 331 g/mol. The highest BCUT2D eigenvalue weighted by molar-refractivity contribution is 6.65. The summed E-state index contributed by atoms with van der Waals surface area (Å²) in [6.45, 7) is 0.0680. The molecule has 1 heterocycles. The topological polar surface area (TPSA) is 72.0 Å². The Hall–Kier alpha value is -2.61. The van der Waals surface area contributed by atoms with Gasteiger partial charge in [0.05, 0.1) is 23.0 Å². The Kier molecular flexibility index (Phi) is 3.92. The highest BCUT2D eigenvalue weighted by atomic mass is 19.4. The second-order valence-electron chi connectivity index (χ2n) is 5.51. The van der Waals surface area contributed by atoms with Crippen molar-refractivity contribution in [2.45, 2.75) is 13.0 Å². The summed E-state index contributed by atoms with van der Waals surface area (Å²) in [6.07, 6.45) is -3.08. The van der Waals surface area contributed by atoms with Crippen molar-refractivity contribution in [2.24, 2.45) is 0 Å². The number of hydrogen-bond donors (Lipinski definition) is 2. The minimum Gasteiger partial charge on any atom is -0.446 e. The normalized spacial score (nSPS) is 11.7. The summed E-state index contributed by atoms with van der Waals surface area (Å²) in [5, 5.41) is 18.2. The van der Waals surface area contributed by atoms with E-state index < -0.39 is 18.7 Å². The van der Waals surface area contributed by atoms with Gasteiger partial charge < -0.3 is 10.8 Å². The number of rotatable bonds is 2. The van der Waals surface area contributed by atoms with Gasteiger partial charge in [-0.15, -0.1) is 0 Å². The van der Waals surface area contributed by atoms with Gasteiger partial charge in [0.1, 0.15) is 0 Å². The number of nitrogens with two attached hydrogens (primary N) is 1. The fraction of sp³-hybridized carbons (Fsp3) is 0.125. The molecule has 0 aliphatic heterocycles. The molecule has 0 saturated carbocycles. The number of anilines is 1. The number of fused-ring (bicyclic) bond motifs is 1. The Morgan fingerprint density at radius 1 is 1.08 bits per heavy atom. The minimum atomic E-state index is -4.52. The van der Waals surface area contributed by atoms with Crippen molar-refractivity contribution < 1.29 is 18.2 Å². The van der Waals surface area contributed by atoms with E-state index in [2.05, 4.69) is 10.2 Å². The van der Waals surface area contributed by atoms with E-state index >= 15 is 0 Å². The summed E-state index contributed by atoms with van der Waals surface area (Å²) in [7, 11) is 0. The third-order valence-corrected chi connectivity index (χ3v) is 3.81. The molecule has 4 nitrogen and oxygen atoms in total. The van der Waals surface area contributed by atoms with Crippen molar-refractivity contribution in [1.82, 2.24) is 10.2 Å². The molecule has 0 aliphatic rings. The number of halogens is 3. The predicted molar refractivity (Wildman–Crippen MR) is 87.9 cm³/mol. The predicted octanol–water partition coefficient (Wildman–Crippen LogP) is 2.72. The third kappa shape index (κ3) is 2.92. The average Bonchev–Trinajstić information content (AvgIpc) is 2.53. The van der Waals surface area contributed by atoms with Crippen LogP contribution < -0.4 is 11.2 Å². The van der Waals surface area contributed by atoms with Crippen LogP contribution >= 0.6 is 0 Å². The molecule has 0 atom stereocenters. The van der Waals surface area contributed by atoms with E-state index in [1.165, 1.54) is 25.2 Å². The number of hydrogen-bond acceptors (Lipinski definition) is 4. The fourth-order valence-corrected chi connectivity index (χ4v) is 2.61. The van der Waals surface area contributed by atoms with Crippen LogP contribution in [-0.2, 0) is 6.18 Å². The van der Waals surface area contributed by atoms with Crippen LogP contribution in [0.1, 0.15) is 5.56 Å². The molecule has 0 fully saturated rings. The maximum Gasteiger partial charge on any atom is 0.415 e. The first-order chi connectivity index (χ1) is 11.3. The summed E-state index contributed by atoms with van der Waals surface area (Å²) in [4.78, 5) is 0. The van der Waals surface area contributed by atoms with E-state index in [1.54, 1.807) is 18.2 Å². The lowest BCUT2D eigenvalue weighted by Crippen LogP contribution is -2.33. The molecule has 3 aromatic rings. The molecule has 8 heteroatoms. The van der Waals surface area contributed by atoms with Crippen LogP contribution in [0.15, 0.2) is 42.6 Å². The van der Waals surface area contributed by atoms with Gasteiger partial charge in [-0.05, 0) is 34.8 Å². The highest BCUT2D eigenvalue weighted by Gasteiger charge is 2.35. The van der Waals surface area contributed by atoms with E-state index in [0.29, 0.717) is 22.3 Å². The number of alkyl halides is 3. The molecular weight excluding hydrogens is 318 g/mol. The molecule has 0 spiro atoms. The van der Waals surface area contributed by atoms with Gasteiger partial charge in [0.25, 0.3) is 0 Å². The Morgan fingerprint density at radius 3 is 2.42 bits per heavy atom. The van der Waals surface area contributed by atoms with E-state index in [4.69, 9.17) is 5.73 Å². The van der Waals surface area contributed by atoms with E-state index in [0.717, 1.165) is 11.5 Å². The van der Waals surface area contributed by atoms with Gasteiger partial charge in [-0.3, -0.25) is 0 Å². The molecule has 122 valence electrons. The van der Waals surface area contributed by atoms with Crippen molar-refractivity contribution in [2.75, 3.05) is 5.73 Å². The molecule has 0 unspecified atom stereocenters. The molecular formula is C16H13BF3N3O. The van der Waals surface area contributed by atoms with Crippen LogP contribution in [0.4, 0.5) is 18.9 Å². The van der Waals surface area contributed by atoms with Gasteiger partial charge in [0, 0.05) is 5.39 Å². The molecule has 0 bridgehead atoms. The number of aromatic nitrogens is 2. The lowest BCUT2D eigenvalue weighted by molar-refractivity contribution is -0.136. The van der Waals surface area contributed by atoms with Gasteiger partial charge >= 0.3 is 13.1 Å². The van der Waals surface area contributed by atoms with Gasteiger partial charge in [-0.25, -0.2) is 0 Å². The van der Waals surface area contributed by atoms with Crippen LogP contribution in [0.3, 0.4) is 0 Å². The lowest BCUT2D eigenvalue weighted by Gasteiger charge is -2.15. The zero-order chi connectivity index (χ0) is 17.5. The minimum absolute atomic E-state index is 0.168. The second-order valence-corrected chi connectivity index (χ2v) is 5.51. The van der Waals surface area contributed by atoms with Gasteiger partial charge in [0.2, 0.25) is 0 Å². The number of benzene rings is 2. The monoisotopic (exact) mass is 331 g/mol. The Labute approximate surface area is 136 Å². The summed E-state index contributed by atoms with van der Waals surface area (Å²) in [5.41, 5.74) is 7.04. The molecule has 3 N–H and O–H groups in total. The fourth-order valence-electron chi connectivity index (χ4n) is 2.61. The van der Waals surface area contributed by atoms with Crippen LogP contribution in [-0.4, -0.2) is 22.1 Å². The maximum absolute atomic E-state index is 13.1. The quantitative estimate of drug-likeness (QED) is 0.709. The summed E-state index contributed by atoms with van der Waals surface area (Å²) < 4.78 is 39.2. The van der Waals surface area contributed by atoms with E-state index in [1.807, 2.05) is 0 Å². The highest BCUT2D eigenvalue weighted by Crippen LogP contribution is 2.31. The Morgan fingerprint density at radius 2 is 1.75 bits per heavy atom. The first kappa shape index (κ1) is 16.3. The Balaban J connectivity index is 2.15. The first-order valence-corrected chi connectivity index (χ1v) is 7.18. The summed E-state index contributed by atoms with van der Waals surface area (Å²) in [6, 6.07) is 8.88. The van der Waals surface area contributed by atoms with Gasteiger partial charge in [-0.2, -0.15) is 23.4 Å². The molecule has 0 aliphatic carbocycles.